The Hall–Kier alpha value is -0.920. The van der Waals surface area contributed by atoms with Crippen LogP contribution in [0, 0.1) is 13.8 Å². The van der Waals surface area contributed by atoms with Crippen molar-refractivity contribution in [3.63, 3.8) is 0 Å². The van der Waals surface area contributed by atoms with E-state index in [-0.39, 0.29) is 6.61 Å². The van der Waals surface area contributed by atoms with Gasteiger partial charge in [0, 0.05) is 13.8 Å². The lowest BCUT2D eigenvalue weighted by molar-refractivity contribution is -0.707. The zero-order valence-electron chi connectivity index (χ0n) is 9.43. The second kappa shape index (κ2) is 5.42. The summed E-state index contributed by atoms with van der Waals surface area (Å²) in [5.74, 6) is 1.06. The molecule has 0 unspecified atom stereocenters. The molecule has 2 N–H and O–H groups in total. The van der Waals surface area contributed by atoms with Crippen LogP contribution in [0.4, 0.5) is 0 Å². The Bertz CT molecular complexity index is 419. The molecule has 0 aromatic carbocycles. The van der Waals surface area contributed by atoms with Gasteiger partial charge in [0.05, 0.1) is 13.2 Å². The molecule has 0 amide bonds. The summed E-state index contributed by atoms with van der Waals surface area (Å²) in [6.07, 6.45) is 3.29. The first-order valence-corrected chi connectivity index (χ1v) is 6.43. The monoisotopic (exact) mass is 249 g/mol. The number of hydrogen-bond acceptors (Lipinski definition) is 3. The molecule has 0 aliphatic heterocycles. The van der Waals surface area contributed by atoms with Crippen LogP contribution in [-0.2, 0) is 21.1 Å². The molecular formula is C9H17N2O4S+. The lowest BCUT2D eigenvalue weighted by Crippen LogP contribution is -2.37. The zero-order valence-corrected chi connectivity index (χ0v) is 10.2. The fourth-order valence-corrected chi connectivity index (χ4v) is 1.84. The highest BCUT2D eigenvalue weighted by Crippen LogP contribution is 1.97. The molecule has 92 valence electrons. The van der Waals surface area contributed by atoms with E-state index in [1.165, 1.54) is 0 Å². The van der Waals surface area contributed by atoms with Gasteiger partial charge in [-0.1, -0.05) is 0 Å². The summed E-state index contributed by atoms with van der Waals surface area (Å²) in [4.78, 5) is 3.10. The van der Waals surface area contributed by atoms with E-state index >= 15 is 0 Å². The first-order valence-electron chi connectivity index (χ1n) is 5.06. The van der Waals surface area contributed by atoms with Crippen LogP contribution in [0.2, 0.25) is 0 Å². The SMILES string of the molecule is Cc1c[nH]c(C)[n+]1CCCCOS(=O)(=O)O. The standard InChI is InChI=1S/C9H16N2O4S/c1-8-7-10-9(2)11(8)5-3-4-6-15-16(12,13)14/h7H,3-6H2,1-2H3,(H,12,13,14)/p+1. The molecule has 0 fully saturated rings. The van der Waals surface area contributed by atoms with Crippen molar-refractivity contribution < 1.29 is 21.7 Å². The fourth-order valence-electron chi connectivity index (χ4n) is 1.51. The van der Waals surface area contributed by atoms with Crippen LogP contribution in [0.1, 0.15) is 24.4 Å². The Morgan fingerprint density at radius 2 is 2.12 bits per heavy atom. The number of aryl methyl sites for hydroxylation is 2. The van der Waals surface area contributed by atoms with E-state index in [9.17, 15) is 8.42 Å². The minimum atomic E-state index is -4.29. The number of nitrogens with zero attached hydrogens (tertiary/aromatic N) is 1. The molecule has 1 rings (SSSR count). The number of aromatic amines is 1. The fraction of sp³-hybridized carbons (Fsp3) is 0.667. The van der Waals surface area contributed by atoms with Gasteiger partial charge in [-0.05, 0) is 12.8 Å². The molecule has 1 aromatic heterocycles. The van der Waals surface area contributed by atoms with Gasteiger partial charge < -0.3 is 0 Å². The van der Waals surface area contributed by atoms with E-state index in [2.05, 4.69) is 13.7 Å². The number of imidazole rings is 1. The van der Waals surface area contributed by atoms with Crippen LogP contribution < -0.4 is 4.57 Å². The van der Waals surface area contributed by atoms with E-state index < -0.39 is 10.4 Å². The van der Waals surface area contributed by atoms with Crippen LogP contribution in [0.15, 0.2) is 6.20 Å². The van der Waals surface area contributed by atoms with E-state index in [4.69, 9.17) is 4.55 Å². The molecule has 7 heteroatoms. The van der Waals surface area contributed by atoms with Gasteiger partial charge >= 0.3 is 10.4 Å². The lowest BCUT2D eigenvalue weighted by atomic mass is 10.3. The average Bonchev–Trinajstić information content (AvgIpc) is 2.46. The highest BCUT2D eigenvalue weighted by atomic mass is 32.3. The topological polar surface area (TPSA) is 83.3 Å². The molecule has 6 nitrogen and oxygen atoms in total. The van der Waals surface area contributed by atoms with Crippen molar-refractivity contribution in [2.75, 3.05) is 6.61 Å². The van der Waals surface area contributed by atoms with Gasteiger partial charge in [-0.15, -0.1) is 0 Å². The number of hydrogen-bond donors (Lipinski definition) is 2. The van der Waals surface area contributed by atoms with Gasteiger partial charge in [-0.25, -0.2) is 13.7 Å². The number of unbranched alkanes of at least 4 members (excludes halogenated alkanes) is 1. The summed E-state index contributed by atoms with van der Waals surface area (Å²) in [5, 5.41) is 0. The van der Waals surface area contributed by atoms with Crippen LogP contribution in [0.5, 0.6) is 0 Å². The van der Waals surface area contributed by atoms with Crippen LogP contribution in [0.3, 0.4) is 0 Å². The normalized spacial score (nSPS) is 11.9. The number of nitrogens with one attached hydrogen (secondary N) is 1. The zero-order chi connectivity index (χ0) is 12.2. The summed E-state index contributed by atoms with van der Waals surface area (Å²) in [7, 11) is -4.29. The van der Waals surface area contributed by atoms with Crippen molar-refractivity contribution in [2.24, 2.45) is 0 Å². The molecule has 1 heterocycles. The van der Waals surface area contributed by atoms with E-state index in [0.717, 1.165) is 24.5 Å². The molecule has 0 aliphatic rings. The van der Waals surface area contributed by atoms with Crippen molar-refractivity contribution in [3.8, 4) is 0 Å². The Kier molecular flexibility index (Phi) is 4.45. The molecule has 0 aliphatic carbocycles. The third-order valence-electron chi connectivity index (χ3n) is 2.33. The van der Waals surface area contributed by atoms with Gasteiger partial charge in [-0.3, -0.25) is 4.55 Å². The second-order valence-electron chi connectivity index (χ2n) is 3.62. The highest BCUT2D eigenvalue weighted by molar-refractivity contribution is 7.80. The molecule has 16 heavy (non-hydrogen) atoms. The third-order valence-corrected chi connectivity index (χ3v) is 2.79. The average molecular weight is 249 g/mol. The minimum Gasteiger partial charge on any atom is -0.264 e. The number of rotatable bonds is 6. The third kappa shape index (κ3) is 4.30. The molecule has 0 bridgehead atoms. The van der Waals surface area contributed by atoms with Crippen LogP contribution in [-0.4, -0.2) is 24.6 Å². The van der Waals surface area contributed by atoms with E-state index in [1.807, 2.05) is 20.0 Å². The first-order chi connectivity index (χ1) is 7.40. The second-order valence-corrected chi connectivity index (χ2v) is 4.72. The van der Waals surface area contributed by atoms with Crippen molar-refractivity contribution in [2.45, 2.75) is 33.2 Å². The molecule has 0 saturated carbocycles. The largest absolute Gasteiger partial charge is 0.397 e. The maximum Gasteiger partial charge on any atom is 0.397 e. The quantitative estimate of drug-likeness (QED) is 0.437. The summed E-state index contributed by atoms with van der Waals surface area (Å²) in [5.41, 5.74) is 1.13. The predicted molar refractivity (Wildman–Crippen MR) is 57.2 cm³/mol. The summed E-state index contributed by atoms with van der Waals surface area (Å²) in [6.45, 7) is 4.79. The maximum atomic E-state index is 10.3. The molecular weight excluding hydrogens is 232 g/mol. The van der Waals surface area contributed by atoms with Gasteiger partial charge in [0.25, 0.3) is 5.82 Å². The Morgan fingerprint density at radius 1 is 1.44 bits per heavy atom. The predicted octanol–water partition coefficient (Wildman–Crippen LogP) is 0.519. The van der Waals surface area contributed by atoms with Gasteiger partial charge in [0.2, 0.25) is 0 Å². The number of aromatic nitrogens is 2. The molecule has 1 aromatic rings. The Balaban J connectivity index is 2.27. The van der Waals surface area contributed by atoms with Gasteiger partial charge in [0.1, 0.15) is 11.9 Å². The highest BCUT2D eigenvalue weighted by Gasteiger charge is 2.09. The molecule has 0 saturated heterocycles. The molecule has 0 radical (unpaired) electrons. The van der Waals surface area contributed by atoms with E-state index in [1.54, 1.807) is 0 Å². The van der Waals surface area contributed by atoms with Crippen LogP contribution in [0.25, 0.3) is 0 Å². The van der Waals surface area contributed by atoms with Gasteiger partial charge in [0.15, 0.2) is 0 Å². The molecule has 0 atom stereocenters. The van der Waals surface area contributed by atoms with Gasteiger partial charge in [-0.2, -0.15) is 8.42 Å². The summed E-state index contributed by atoms with van der Waals surface area (Å²) >= 11 is 0. The Morgan fingerprint density at radius 3 is 2.62 bits per heavy atom. The minimum absolute atomic E-state index is 0.0158. The Labute approximate surface area is 95.2 Å². The van der Waals surface area contributed by atoms with E-state index in [0.29, 0.717) is 6.42 Å². The first kappa shape index (κ1) is 13.1. The van der Waals surface area contributed by atoms with Crippen molar-refractivity contribution in [3.05, 3.63) is 17.7 Å². The van der Waals surface area contributed by atoms with Crippen LogP contribution >= 0.6 is 0 Å². The maximum absolute atomic E-state index is 10.3. The van der Waals surface area contributed by atoms with Crippen molar-refractivity contribution in [1.82, 2.24) is 4.98 Å². The van der Waals surface area contributed by atoms with Crippen molar-refractivity contribution >= 4 is 10.4 Å². The number of H-pyrrole nitrogens is 1. The smallest absolute Gasteiger partial charge is 0.264 e. The lowest BCUT2D eigenvalue weighted by Gasteiger charge is -2.01. The summed E-state index contributed by atoms with van der Waals surface area (Å²) in [6, 6.07) is 0. The molecule has 0 spiro atoms. The van der Waals surface area contributed by atoms with Crippen molar-refractivity contribution in [1.29, 1.82) is 0 Å². The summed E-state index contributed by atoms with van der Waals surface area (Å²) < 4.78 is 35.2.